The fraction of sp³-hybridized carbons (Fsp3) is 0.625. The van der Waals surface area contributed by atoms with Gasteiger partial charge in [-0.05, 0) is 24.5 Å². The van der Waals surface area contributed by atoms with E-state index in [0.29, 0.717) is 5.89 Å². The molecular formula is C8H11N3O3. The lowest BCUT2D eigenvalue weighted by molar-refractivity contribution is 0.0680. The normalized spacial score (nSPS) is 22.1. The Morgan fingerprint density at radius 1 is 1.64 bits per heavy atom. The lowest BCUT2D eigenvalue weighted by Gasteiger charge is -2.18. The lowest BCUT2D eigenvalue weighted by atomic mass is 10.00. The summed E-state index contributed by atoms with van der Waals surface area (Å²) >= 11 is 0. The van der Waals surface area contributed by atoms with Crippen molar-refractivity contribution in [1.82, 2.24) is 15.5 Å². The van der Waals surface area contributed by atoms with Crippen LogP contribution in [0.15, 0.2) is 4.52 Å². The molecule has 1 atom stereocenters. The highest BCUT2D eigenvalue weighted by Gasteiger charge is 2.22. The average molecular weight is 197 g/mol. The van der Waals surface area contributed by atoms with E-state index in [1.807, 2.05) is 0 Å². The van der Waals surface area contributed by atoms with Crippen LogP contribution in [0.2, 0.25) is 0 Å². The largest absolute Gasteiger partial charge is 0.475 e. The number of carboxylic acid groups (broad SMARTS) is 1. The summed E-state index contributed by atoms with van der Waals surface area (Å²) in [4.78, 5) is 14.3. The van der Waals surface area contributed by atoms with Crippen LogP contribution >= 0.6 is 0 Å². The van der Waals surface area contributed by atoms with Crippen molar-refractivity contribution in [2.75, 3.05) is 13.1 Å². The van der Waals surface area contributed by atoms with E-state index >= 15 is 0 Å². The first-order chi connectivity index (χ1) is 6.77. The maximum absolute atomic E-state index is 10.5. The fourth-order valence-corrected chi connectivity index (χ4v) is 1.55. The number of nitrogens with zero attached hydrogens (tertiary/aromatic N) is 2. The Hall–Kier alpha value is -1.43. The minimum absolute atomic E-state index is 0.157. The van der Waals surface area contributed by atoms with E-state index in [2.05, 4.69) is 15.5 Å². The minimum atomic E-state index is -1.15. The Bertz CT molecular complexity index is 330. The Morgan fingerprint density at radius 3 is 3.07 bits per heavy atom. The van der Waals surface area contributed by atoms with Gasteiger partial charge in [0, 0.05) is 6.54 Å². The molecule has 1 aliphatic rings. The number of piperidine rings is 1. The van der Waals surface area contributed by atoms with Gasteiger partial charge in [-0.25, -0.2) is 4.79 Å². The van der Waals surface area contributed by atoms with Crippen molar-refractivity contribution < 1.29 is 14.4 Å². The second kappa shape index (κ2) is 3.75. The zero-order valence-corrected chi connectivity index (χ0v) is 7.56. The summed E-state index contributed by atoms with van der Waals surface area (Å²) in [6, 6.07) is 0. The number of rotatable bonds is 2. The fourth-order valence-electron chi connectivity index (χ4n) is 1.55. The van der Waals surface area contributed by atoms with Crippen molar-refractivity contribution in [3.05, 3.63) is 11.7 Å². The molecule has 0 aliphatic carbocycles. The van der Waals surface area contributed by atoms with Gasteiger partial charge in [-0.15, -0.1) is 0 Å². The molecule has 14 heavy (non-hydrogen) atoms. The maximum atomic E-state index is 10.5. The Labute approximate surface area is 80.3 Å². The molecule has 6 heteroatoms. The number of hydrogen-bond acceptors (Lipinski definition) is 5. The quantitative estimate of drug-likeness (QED) is 0.705. The van der Waals surface area contributed by atoms with E-state index in [4.69, 9.17) is 9.63 Å². The average Bonchev–Trinajstić information content (AvgIpc) is 2.68. The van der Waals surface area contributed by atoms with Crippen molar-refractivity contribution >= 4 is 5.97 Å². The van der Waals surface area contributed by atoms with Crippen molar-refractivity contribution in [3.63, 3.8) is 0 Å². The topological polar surface area (TPSA) is 88.2 Å². The first-order valence-corrected chi connectivity index (χ1v) is 4.55. The Kier molecular flexibility index (Phi) is 2.45. The zero-order chi connectivity index (χ0) is 9.97. The molecule has 0 aromatic carbocycles. The molecular weight excluding hydrogens is 186 g/mol. The highest BCUT2D eigenvalue weighted by atomic mass is 16.5. The van der Waals surface area contributed by atoms with Gasteiger partial charge in [0.2, 0.25) is 5.89 Å². The standard InChI is InChI=1S/C8H11N3O3/c12-8(13)6-10-7(14-11-6)5-2-1-3-9-4-5/h5,9H,1-4H2,(H,12,13)/t5-/m1/s1. The zero-order valence-electron chi connectivity index (χ0n) is 7.56. The molecule has 0 unspecified atom stereocenters. The molecule has 2 heterocycles. The van der Waals surface area contributed by atoms with E-state index < -0.39 is 5.97 Å². The number of hydrogen-bond donors (Lipinski definition) is 2. The molecule has 1 fully saturated rings. The summed E-state index contributed by atoms with van der Waals surface area (Å²) < 4.78 is 4.88. The van der Waals surface area contributed by atoms with E-state index in [-0.39, 0.29) is 11.7 Å². The summed E-state index contributed by atoms with van der Waals surface area (Å²) in [5, 5.41) is 15.2. The lowest BCUT2D eigenvalue weighted by Crippen LogP contribution is -2.28. The van der Waals surface area contributed by atoms with Crippen molar-refractivity contribution in [2.45, 2.75) is 18.8 Å². The SMILES string of the molecule is O=C(O)c1noc([C@@H]2CCCNC2)n1. The number of aromatic nitrogens is 2. The molecule has 2 N–H and O–H groups in total. The first-order valence-electron chi connectivity index (χ1n) is 4.55. The molecule has 2 rings (SSSR count). The second-order valence-corrected chi connectivity index (χ2v) is 3.30. The minimum Gasteiger partial charge on any atom is -0.475 e. The third kappa shape index (κ3) is 1.74. The molecule has 0 saturated carbocycles. The summed E-state index contributed by atoms with van der Waals surface area (Å²) in [5.41, 5.74) is 0. The highest BCUT2D eigenvalue weighted by Crippen LogP contribution is 2.21. The smallest absolute Gasteiger partial charge is 0.377 e. The van der Waals surface area contributed by atoms with Gasteiger partial charge in [0.05, 0.1) is 5.92 Å². The van der Waals surface area contributed by atoms with Crippen LogP contribution < -0.4 is 5.32 Å². The van der Waals surface area contributed by atoms with E-state index in [9.17, 15) is 4.79 Å². The van der Waals surface area contributed by atoms with Gasteiger partial charge in [0.15, 0.2) is 0 Å². The second-order valence-electron chi connectivity index (χ2n) is 3.30. The summed E-state index contributed by atoms with van der Waals surface area (Å²) in [5.74, 6) is -0.826. The molecule has 1 aromatic rings. The third-order valence-corrected chi connectivity index (χ3v) is 2.28. The van der Waals surface area contributed by atoms with Gasteiger partial charge in [0.25, 0.3) is 5.82 Å². The van der Waals surface area contributed by atoms with Crippen LogP contribution in [0.25, 0.3) is 0 Å². The maximum Gasteiger partial charge on any atom is 0.377 e. The predicted molar refractivity (Wildman–Crippen MR) is 46.1 cm³/mol. The molecule has 0 bridgehead atoms. The molecule has 1 aliphatic heterocycles. The number of aromatic carboxylic acids is 1. The highest BCUT2D eigenvalue weighted by molar-refractivity contribution is 5.82. The van der Waals surface area contributed by atoms with Crippen molar-refractivity contribution in [1.29, 1.82) is 0 Å². The monoisotopic (exact) mass is 197 g/mol. The van der Waals surface area contributed by atoms with Gasteiger partial charge in [-0.2, -0.15) is 4.98 Å². The van der Waals surface area contributed by atoms with Crippen LogP contribution in [0, 0.1) is 0 Å². The van der Waals surface area contributed by atoms with Gasteiger partial charge in [-0.3, -0.25) is 0 Å². The molecule has 1 saturated heterocycles. The van der Waals surface area contributed by atoms with Crippen molar-refractivity contribution in [3.8, 4) is 0 Å². The summed E-state index contributed by atoms with van der Waals surface area (Å²) in [7, 11) is 0. The van der Waals surface area contributed by atoms with Crippen LogP contribution in [-0.2, 0) is 0 Å². The van der Waals surface area contributed by atoms with Gasteiger partial charge in [-0.1, -0.05) is 0 Å². The van der Waals surface area contributed by atoms with E-state index in [0.717, 1.165) is 25.9 Å². The predicted octanol–water partition coefficient (Wildman–Crippen LogP) is 0.235. The van der Waals surface area contributed by atoms with Crippen molar-refractivity contribution in [2.24, 2.45) is 0 Å². The molecule has 0 amide bonds. The molecule has 76 valence electrons. The van der Waals surface area contributed by atoms with Crippen LogP contribution in [0.4, 0.5) is 0 Å². The van der Waals surface area contributed by atoms with E-state index in [1.54, 1.807) is 0 Å². The van der Waals surface area contributed by atoms with E-state index in [1.165, 1.54) is 0 Å². The Balaban J connectivity index is 2.11. The van der Waals surface area contributed by atoms with Crippen LogP contribution in [0.5, 0.6) is 0 Å². The molecule has 6 nitrogen and oxygen atoms in total. The van der Waals surface area contributed by atoms with Crippen LogP contribution in [-0.4, -0.2) is 34.3 Å². The molecule has 1 aromatic heterocycles. The van der Waals surface area contributed by atoms with Crippen LogP contribution in [0.1, 0.15) is 35.3 Å². The molecule has 0 radical (unpaired) electrons. The number of carbonyl (C=O) groups is 1. The number of carboxylic acids is 1. The summed E-state index contributed by atoms with van der Waals surface area (Å²) in [6.07, 6.45) is 2.02. The van der Waals surface area contributed by atoms with Gasteiger partial charge < -0.3 is 14.9 Å². The van der Waals surface area contributed by atoms with Crippen LogP contribution in [0.3, 0.4) is 0 Å². The first kappa shape index (κ1) is 9.14. The Morgan fingerprint density at radius 2 is 2.50 bits per heavy atom. The number of nitrogens with one attached hydrogen (secondary N) is 1. The van der Waals surface area contributed by atoms with Gasteiger partial charge >= 0.3 is 5.97 Å². The van der Waals surface area contributed by atoms with Gasteiger partial charge in [0.1, 0.15) is 0 Å². The third-order valence-electron chi connectivity index (χ3n) is 2.28. The molecule has 0 spiro atoms. The summed E-state index contributed by atoms with van der Waals surface area (Å²) in [6.45, 7) is 1.78.